The van der Waals surface area contributed by atoms with Crippen LogP contribution in [0.2, 0.25) is 5.02 Å². The van der Waals surface area contributed by atoms with Gasteiger partial charge in [0, 0.05) is 19.2 Å². The predicted octanol–water partition coefficient (Wildman–Crippen LogP) is 5.35. The number of nitrogens with one attached hydrogen (secondary N) is 1. The molecule has 0 bridgehead atoms. The first-order valence-corrected chi connectivity index (χ1v) is 12.1. The second-order valence-electron chi connectivity index (χ2n) is 8.13. The van der Waals surface area contributed by atoms with Gasteiger partial charge >= 0.3 is 0 Å². The summed E-state index contributed by atoms with van der Waals surface area (Å²) < 4.78 is 35.8. The lowest BCUT2D eigenvalue weighted by molar-refractivity contribution is 0.109. The summed E-state index contributed by atoms with van der Waals surface area (Å²) in [5, 5.41) is 0.329. The van der Waals surface area contributed by atoms with Gasteiger partial charge in [0.25, 0.3) is 14.9 Å². The molecule has 160 valence electrons. The zero-order valence-electron chi connectivity index (χ0n) is 16.8. The zero-order chi connectivity index (χ0) is 21.5. The van der Waals surface area contributed by atoms with Crippen molar-refractivity contribution in [3.63, 3.8) is 0 Å². The molecule has 2 aromatic carbocycles. The van der Waals surface area contributed by atoms with Gasteiger partial charge < -0.3 is 4.42 Å². The van der Waals surface area contributed by atoms with Crippen molar-refractivity contribution in [2.45, 2.75) is 31.8 Å². The van der Waals surface area contributed by atoms with Gasteiger partial charge in [0.1, 0.15) is 0 Å². The minimum absolute atomic E-state index is 0.0889. The van der Waals surface area contributed by atoms with Gasteiger partial charge in [0.15, 0.2) is 5.58 Å². The average molecular weight is 466 g/mol. The number of fused-ring (bicyclic) bond motifs is 1. The highest BCUT2D eigenvalue weighted by molar-refractivity contribution is 7.92. The molecule has 1 N–H and O–H groups in total. The van der Waals surface area contributed by atoms with E-state index in [2.05, 4.69) is 23.5 Å². The summed E-state index contributed by atoms with van der Waals surface area (Å²) in [6.07, 6.45) is 1.23. The van der Waals surface area contributed by atoms with Gasteiger partial charge in [-0.2, -0.15) is 0 Å². The Balaban J connectivity index is 1.63. The first-order chi connectivity index (χ1) is 14.2. The Morgan fingerprint density at radius 3 is 2.57 bits per heavy atom. The van der Waals surface area contributed by atoms with Gasteiger partial charge in [-0.15, -0.1) is 0 Å². The fraction of sp³-hybridized carbons (Fsp3) is 0.381. The molecular weight excluding hydrogens is 442 g/mol. The first kappa shape index (κ1) is 21.4. The van der Waals surface area contributed by atoms with E-state index >= 15 is 0 Å². The topological polar surface area (TPSA) is 67.5 Å². The van der Waals surface area contributed by atoms with Crippen LogP contribution in [-0.2, 0) is 16.7 Å². The van der Waals surface area contributed by atoms with E-state index in [4.69, 9.17) is 28.2 Å². The molecule has 1 aromatic heterocycles. The highest BCUT2D eigenvalue weighted by atomic mass is 35.5. The lowest BCUT2D eigenvalue weighted by atomic mass is 9.92. The summed E-state index contributed by atoms with van der Waals surface area (Å²) in [5.41, 5.74) is 1.55. The van der Waals surface area contributed by atoms with Crippen LogP contribution in [0.4, 0.5) is 5.69 Å². The summed E-state index contributed by atoms with van der Waals surface area (Å²) in [6, 6.07) is 11.5. The Labute approximate surface area is 186 Å². The van der Waals surface area contributed by atoms with Crippen LogP contribution in [0, 0.1) is 16.7 Å². The molecule has 6 nitrogen and oxygen atoms in total. The van der Waals surface area contributed by atoms with Gasteiger partial charge in [0.2, 0.25) is 0 Å². The Morgan fingerprint density at radius 2 is 1.87 bits per heavy atom. The first-order valence-electron chi connectivity index (χ1n) is 9.86. The van der Waals surface area contributed by atoms with Crippen molar-refractivity contribution < 1.29 is 12.8 Å². The maximum absolute atomic E-state index is 12.8. The molecule has 2 atom stereocenters. The molecule has 0 spiro atoms. The minimum atomic E-state index is -3.82. The van der Waals surface area contributed by atoms with Gasteiger partial charge in [-0.25, -0.2) is 8.42 Å². The number of hydrogen-bond donors (Lipinski definition) is 1. The molecule has 4 rings (SSSR count). The third-order valence-corrected chi connectivity index (χ3v) is 7.35. The van der Waals surface area contributed by atoms with E-state index in [1.54, 1.807) is 36.4 Å². The molecule has 1 aliphatic rings. The molecule has 2 heterocycles. The van der Waals surface area contributed by atoms with E-state index in [-0.39, 0.29) is 4.90 Å². The van der Waals surface area contributed by atoms with Crippen molar-refractivity contribution in [3.05, 3.63) is 52.3 Å². The number of nitrogens with zero attached hydrogens (tertiary/aromatic N) is 2. The molecule has 3 aromatic rings. The van der Waals surface area contributed by atoms with E-state index in [0.29, 0.717) is 39.6 Å². The van der Waals surface area contributed by atoms with Crippen LogP contribution in [-0.4, -0.2) is 31.0 Å². The standard InChI is InChI=1S/C21H24ClN3O3S2/c1-14-9-15(2)12-24(11-14)13-25-19-8-7-16(10-20(19)28-21(25)29)30(26,27)23-18-6-4-3-5-17(18)22/h3-8,10,14-15,23H,9,11-13H2,1-2H3/t14-,15-/m1/s1. The van der Waals surface area contributed by atoms with Crippen LogP contribution in [0.1, 0.15) is 20.3 Å². The number of benzene rings is 2. The maximum Gasteiger partial charge on any atom is 0.270 e. The van der Waals surface area contributed by atoms with Gasteiger partial charge in [0.05, 0.1) is 27.8 Å². The Hall–Kier alpha value is -1.87. The number of likely N-dealkylation sites (tertiary alicyclic amines) is 1. The van der Waals surface area contributed by atoms with Crippen molar-refractivity contribution in [3.8, 4) is 0 Å². The third kappa shape index (κ3) is 4.42. The van der Waals surface area contributed by atoms with Gasteiger partial charge in [-0.3, -0.25) is 14.2 Å². The second-order valence-corrected chi connectivity index (χ2v) is 10.6. The fourth-order valence-electron chi connectivity index (χ4n) is 4.20. The second kappa shape index (κ2) is 8.34. The molecule has 1 fully saturated rings. The summed E-state index contributed by atoms with van der Waals surface area (Å²) in [4.78, 5) is 2.79. The maximum atomic E-state index is 12.8. The third-order valence-electron chi connectivity index (χ3n) is 5.35. The largest absolute Gasteiger partial charge is 0.429 e. The Bertz CT molecular complexity index is 1230. The van der Waals surface area contributed by atoms with Crippen LogP contribution in [0.15, 0.2) is 51.8 Å². The number of aromatic nitrogens is 1. The molecule has 1 saturated heterocycles. The molecule has 9 heteroatoms. The molecule has 0 amide bonds. The molecular formula is C21H24ClN3O3S2. The summed E-state index contributed by atoms with van der Waals surface area (Å²) >= 11 is 11.5. The lowest BCUT2D eigenvalue weighted by Gasteiger charge is -2.34. The number of sulfonamides is 1. The number of para-hydroxylation sites is 1. The molecule has 0 unspecified atom stereocenters. The van der Waals surface area contributed by atoms with Crippen molar-refractivity contribution in [2.24, 2.45) is 11.8 Å². The van der Waals surface area contributed by atoms with E-state index < -0.39 is 10.0 Å². The zero-order valence-corrected chi connectivity index (χ0v) is 19.2. The average Bonchev–Trinajstić information content (AvgIpc) is 2.97. The molecule has 1 aliphatic heterocycles. The Kier molecular flexibility index (Phi) is 5.94. The van der Waals surface area contributed by atoms with Crippen molar-refractivity contribution in [2.75, 3.05) is 17.8 Å². The van der Waals surface area contributed by atoms with Crippen molar-refractivity contribution >= 4 is 50.6 Å². The lowest BCUT2D eigenvalue weighted by Crippen LogP contribution is -2.39. The summed E-state index contributed by atoms with van der Waals surface area (Å²) in [6.45, 7) is 7.17. The predicted molar refractivity (Wildman–Crippen MR) is 122 cm³/mol. The fourth-order valence-corrected chi connectivity index (χ4v) is 5.78. The van der Waals surface area contributed by atoms with Gasteiger partial charge in [-0.1, -0.05) is 37.6 Å². The normalized spacial score (nSPS) is 20.5. The van der Waals surface area contributed by atoms with E-state index in [1.165, 1.54) is 12.5 Å². The van der Waals surface area contributed by atoms with Crippen LogP contribution in [0.5, 0.6) is 0 Å². The van der Waals surface area contributed by atoms with Crippen molar-refractivity contribution in [1.29, 1.82) is 0 Å². The minimum Gasteiger partial charge on any atom is -0.429 e. The van der Waals surface area contributed by atoms with E-state index in [9.17, 15) is 8.42 Å². The molecule has 30 heavy (non-hydrogen) atoms. The van der Waals surface area contributed by atoms with E-state index in [1.807, 2.05) is 4.57 Å². The molecule has 0 radical (unpaired) electrons. The molecule has 0 saturated carbocycles. The highest BCUT2D eigenvalue weighted by Gasteiger charge is 2.23. The van der Waals surface area contributed by atoms with Crippen LogP contribution >= 0.6 is 23.8 Å². The van der Waals surface area contributed by atoms with E-state index in [0.717, 1.165) is 18.6 Å². The number of rotatable bonds is 5. The smallest absolute Gasteiger partial charge is 0.270 e. The highest BCUT2D eigenvalue weighted by Crippen LogP contribution is 2.28. The van der Waals surface area contributed by atoms with Crippen LogP contribution < -0.4 is 4.72 Å². The number of piperidine rings is 1. The van der Waals surface area contributed by atoms with Crippen LogP contribution in [0.3, 0.4) is 0 Å². The Morgan fingerprint density at radius 1 is 1.17 bits per heavy atom. The SMILES string of the molecule is C[C@@H]1C[C@@H](C)CN(Cn2c(=S)oc3cc(S(=O)(=O)Nc4ccccc4Cl)ccc32)C1. The van der Waals surface area contributed by atoms with Crippen LogP contribution in [0.25, 0.3) is 11.1 Å². The number of oxazole rings is 1. The summed E-state index contributed by atoms with van der Waals surface area (Å²) in [5.74, 6) is 1.27. The number of hydrogen-bond acceptors (Lipinski definition) is 5. The number of anilines is 1. The quantitative estimate of drug-likeness (QED) is 0.514. The monoisotopic (exact) mass is 465 g/mol. The van der Waals surface area contributed by atoms with Gasteiger partial charge in [-0.05, 0) is 54.7 Å². The molecule has 0 aliphatic carbocycles. The van der Waals surface area contributed by atoms with Crippen molar-refractivity contribution in [1.82, 2.24) is 9.47 Å². The summed E-state index contributed by atoms with van der Waals surface area (Å²) in [7, 11) is -3.82. The number of halogens is 1.